The molecule has 0 bridgehead atoms. The summed E-state index contributed by atoms with van der Waals surface area (Å²) in [7, 11) is 1.40. The molecular weight excluding hydrogens is 282 g/mol. The quantitative estimate of drug-likeness (QED) is 0.781. The van der Waals surface area contributed by atoms with Gasteiger partial charge in [0.15, 0.2) is 6.61 Å². The number of hydrogen-bond donors (Lipinski definition) is 0. The number of aryl methyl sites for hydroxylation is 1. The first-order chi connectivity index (χ1) is 10.6. The van der Waals surface area contributed by atoms with Crippen molar-refractivity contribution in [1.29, 1.82) is 0 Å². The van der Waals surface area contributed by atoms with Crippen LogP contribution >= 0.6 is 0 Å². The van der Waals surface area contributed by atoms with Gasteiger partial charge in [-0.2, -0.15) is 0 Å². The van der Waals surface area contributed by atoms with Gasteiger partial charge in [0, 0.05) is 13.1 Å². The van der Waals surface area contributed by atoms with E-state index in [-0.39, 0.29) is 24.4 Å². The maximum atomic E-state index is 12.2. The van der Waals surface area contributed by atoms with E-state index in [1.807, 2.05) is 24.3 Å². The Morgan fingerprint density at radius 3 is 2.64 bits per heavy atom. The molecule has 5 heteroatoms. The van der Waals surface area contributed by atoms with Crippen molar-refractivity contribution in [2.75, 3.05) is 26.8 Å². The number of ether oxygens (including phenoxy) is 2. The number of amides is 1. The van der Waals surface area contributed by atoms with Crippen LogP contribution < -0.4 is 4.74 Å². The van der Waals surface area contributed by atoms with Crippen molar-refractivity contribution in [3.63, 3.8) is 0 Å². The van der Waals surface area contributed by atoms with E-state index in [0.29, 0.717) is 25.9 Å². The summed E-state index contributed by atoms with van der Waals surface area (Å²) in [5, 5.41) is 0. The fraction of sp³-hybridized carbons (Fsp3) is 0.529. The zero-order valence-electron chi connectivity index (χ0n) is 13.2. The zero-order valence-corrected chi connectivity index (χ0v) is 13.2. The summed E-state index contributed by atoms with van der Waals surface area (Å²) in [4.78, 5) is 25.4. The minimum Gasteiger partial charge on any atom is -0.484 e. The minimum absolute atomic E-state index is 0.0368. The molecule has 1 aromatic carbocycles. The number of methoxy groups -OCH3 is 1. The summed E-state index contributed by atoms with van der Waals surface area (Å²) >= 11 is 0. The lowest BCUT2D eigenvalue weighted by atomic mass is 9.97. The summed E-state index contributed by atoms with van der Waals surface area (Å²) in [5.74, 6) is 0.415. The summed E-state index contributed by atoms with van der Waals surface area (Å²) < 4.78 is 10.3. The molecule has 1 fully saturated rings. The summed E-state index contributed by atoms with van der Waals surface area (Å²) in [6, 6.07) is 7.78. The molecule has 5 nitrogen and oxygen atoms in total. The Morgan fingerprint density at radius 2 is 2.00 bits per heavy atom. The first-order valence-corrected chi connectivity index (χ1v) is 7.71. The number of piperidine rings is 1. The molecule has 0 unspecified atom stereocenters. The Hall–Kier alpha value is -2.04. The monoisotopic (exact) mass is 305 g/mol. The maximum absolute atomic E-state index is 12.2. The van der Waals surface area contributed by atoms with Gasteiger partial charge in [-0.1, -0.05) is 19.1 Å². The molecule has 1 aliphatic heterocycles. The molecule has 2 rings (SSSR count). The van der Waals surface area contributed by atoms with Crippen LogP contribution in [0.15, 0.2) is 24.3 Å². The Labute approximate surface area is 131 Å². The number of carbonyl (C=O) groups is 2. The minimum atomic E-state index is -0.181. The number of benzene rings is 1. The highest BCUT2D eigenvalue weighted by molar-refractivity contribution is 5.78. The second-order valence-electron chi connectivity index (χ2n) is 5.47. The van der Waals surface area contributed by atoms with Crippen LogP contribution in [0, 0.1) is 5.92 Å². The highest BCUT2D eigenvalue weighted by atomic mass is 16.5. The third-order valence-electron chi connectivity index (χ3n) is 4.05. The van der Waals surface area contributed by atoms with E-state index < -0.39 is 0 Å². The van der Waals surface area contributed by atoms with Crippen molar-refractivity contribution >= 4 is 11.9 Å². The van der Waals surface area contributed by atoms with Crippen molar-refractivity contribution in [2.45, 2.75) is 26.2 Å². The van der Waals surface area contributed by atoms with E-state index in [1.54, 1.807) is 4.90 Å². The molecule has 120 valence electrons. The van der Waals surface area contributed by atoms with Crippen LogP contribution in [-0.2, 0) is 20.7 Å². The molecule has 22 heavy (non-hydrogen) atoms. The molecule has 0 aliphatic carbocycles. The fourth-order valence-electron chi connectivity index (χ4n) is 2.62. The van der Waals surface area contributed by atoms with Gasteiger partial charge in [-0.05, 0) is 37.0 Å². The highest BCUT2D eigenvalue weighted by Gasteiger charge is 2.27. The second-order valence-corrected chi connectivity index (χ2v) is 5.47. The largest absolute Gasteiger partial charge is 0.484 e. The van der Waals surface area contributed by atoms with Crippen LogP contribution in [0.25, 0.3) is 0 Å². The topological polar surface area (TPSA) is 55.8 Å². The molecule has 1 aromatic rings. The Bertz CT molecular complexity index is 521. The van der Waals surface area contributed by atoms with Gasteiger partial charge in [-0.25, -0.2) is 0 Å². The maximum Gasteiger partial charge on any atom is 0.308 e. The number of rotatable bonds is 5. The normalized spacial score (nSPS) is 15.5. The molecule has 0 spiro atoms. The lowest BCUT2D eigenvalue weighted by Gasteiger charge is -2.30. The van der Waals surface area contributed by atoms with Crippen molar-refractivity contribution in [1.82, 2.24) is 4.90 Å². The Kier molecular flexibility index (Phi) is 5.81. The molecule has 1 heterocycles. The molecular formula is C17H23NO4. The fourth-order valence-corrected chi connectivity index (χ4v) is 2.62. The predicted octanol–water partition coefficient (Wildman–Crippen LogP) is 2.04. The smallest absolute Gasteiger partial charge is 0.308 e. The lowest BCUT2D eigenvalue weighted by Crippen LogP contribution is -2.42. The van der Waals surface area contributed by atoms with Gasteiger partial charge < -0.3 is 14.4 Å². The van der Waals surface area contributed by atoms with Crippen LogP contribution in [0.4, 0.5) is 0 Å². The Morgan fingerprint density at radius 1 is 1.27 bits per heavy atom. The SMILES string of the molecule is CCc1cccc(OCC(=O)N2CCC(C(=O)OC)CC2)c1. The Balaban J connectivity index is 1.79. The van der Waals surface area contributed by atoms with Gasteiger partial charge in [0.1, 0.15) is 5.75 Å². The first-order valence-electron chi connectivity index (χ1n) is 7.71. The van der Waals surface area contributed by atoms with Crippen LogP contribution in [0.2, 0.25) is 0 Å². The van der Waals surface area contributed by atoms with E-state index in [0.717, 1.165) is 12.2 Å². The van der Waals surface area contributed by atoms with Gasteiger partial charge >= 0.3 is 5.97 Å². The first kappa shape index (κ1) is 16.3. The molecule has 1 aliphatic rings. The molecule has 0 radical (unpaired) electrons. The van der Waals surface area contributed by atoms with Crippen LogP contribution in [0.1, 0.15) is 25.3 Å². The summed E-state index contributed by atoms with van der Waals surface area (Å²) in [6.45, 7) is 3.28. The molecule has 0 aromatic heterocycles. The van der Waals surface area contributed by atoms with Crippen molar-refractivity contribution < 1.29 is 19.1 Å². The molecule has 0 N–H and O–H groups in total. The number of carbonyl (C=O) groups excluding carboxylic acids is 2. The van der Waals surface area contributed by atoms with E-state index >= 15 is 0 Å². The number of nitrogens with zero attached hydrogens (tertiary/aromatic N) is 1. The third kappa shape index (κ3) is 4.23. The number of hydrogen-bond acceptors (Lipinski definition) is 4. The summed E-state index contributed by atoms with van der Waals surface area (Å²) in [6.07, 6.45) is 2.25. The van der Waals surface area contributed by atoms with Crippen LogP contribution in [0.3, 0.4) is 0 Å². The zero-order chi connectivity index (χ0) is 15.9. The molecule has 1 saturated heterocycles. The van der Waals surface area contributed by atoms with Crippen LogP contribution in [0.5, 0.6) is 5.75 Å². The average molecular weight is 305 g/mol. The van der Waals surface area contributed by atoms with Crippen molar-refractivity contribution in [3.05, 3.63) is 29.8 Å². The van der Waals surface area contributed by atoms with E-state index in [9.17, 15) is 9.59 Å². The van der Waals surface area contributed by atoms with E-state index in [4.69, 9.17) is 9.47 Å². The van der Waals surface area contributed by atoms with Crippen molar-refractivity contribution in [3.8, 4) is 5.75 Å². The number of likely N-dealkylation sites (tertiary alicyclic amines) is 1. The molecule has 1 amide bonds. The average Bonchev–Trinajstić information content (AvgIpc) is 2.59. The van der Waals surface area contributed by atoms with Gasteiger partial charge in [0.05, 0.1) is 13.0 Å². The lowest BCUT2D eigenvalue weighted by molar-refractivity contribution is -0.149. The van der Waals surface area contributed by atoms with E-state index in [1.165, 1.54) is 12.7 Å². The van der Waals surface area contributed by atoms with Crippen molar-refractivity contribution in [2.24, 2.45) is 5.92 Å². The third-order valence-corrected chi connectivity index (χ3v) is 4.05. The standard InChI is InChI=1S/C17H23NO4/c1-3-13-5-4-6-15(11-13)22-12-16(19)18-9-7-14(8-10-18)17(20)21-2/h4-6,11,14H,3,7-10,12H2,1-2H3. The second kappa shape index (κ2) is 7.82. The van der Waals surface area contributed by atoms with Gasteiger partial charge in [-0.3, -0.25) is 9.59 Å². The molecule has 0 saturated carbocycles. The predicted molar refractivity (Wildman–Crippen MR) is 82.6 cm³/mol. The van der Waals surface area contributed by atoms with Gasteiger partial charge in [-0.15, -0.1) is 0 Å². The van der Waals surface area contributed by atoms with E-state index in [2.05, 4.69) is 6.92 Å². The highest BCUT2D eigenvalue weighted by Crippen LogP contribution is 2.19. The molecule has 0 atom stereocenters. The van der Waals surface area contributed by atoms with Crippen LogP contribution in [-0.4, -0.2) is 43.6 Å². The summed E-state index contributed by atoms with van der Waals surface area (Å²) in [5.41, 5.74) is 1.18. The number of esters is 1. The van der Waals surface area contributed by atoms with Gasteiger partial charge in [0.2, 0.25) is 0 Å². The van der Waals surface area contributed by atoms with Gasteiger partial charge in [0.25, 0.3) is 5.91 Å².